The molecule has 0 spiro atoms. The zero-order chi connectivity index (χ0) is 13.1. The van der Waals surface area contributed by atoms with Gasteiger partial charge in [-0.2, -0.15) is 0 Å². The van der Waals surface area contributed by atoms with E-state index in [-0.39, 0.29) is 11.7 Å². The molecule has 98 valence electrons. The third-order valence-electron chi connectivity index (χ3n) is 3.18. The fourth-order valence-corrected chi connectivity index (χ4v) is 2.04. The average molecular weight is 254 g/mol. The SMILES string of the molecule is CC1CCN(C(=O)Nc2cc(F)cc(F)c2)CC1. The van der Waals surface area contributed by atoms with Crippen molar-refractivity contribution in [3.63, 3.8) is 0 Å². The van der Waals surface area contributed by atoms with Crippen molar-refractivity contribution in [2.24, 2.45) is 5.92 Å². The molecule has 1 saturated heterocycles. The predicted molar refractivity (Wildman–Crippen MR) is 65.3 cm³/mol. The first-order valence-electron chi connectivity index (χ1n) is 6.06. The molecule has 5 heteroatoms. The van der Waals surface area contributed by atoms with E-state index < -0.39 is 11.6 Å². The first-order chi connectivity index (χ1) is 8.54. The van der Waals surface area contributed by atoms with Crippen LogP contribution < -0.4 is 5.32 Å². The smallest absolute Gasteiger partial charge is 0.321 e. The van der Waals surface area contributed by atoms with Gasteiger partial charge in [0.2, 0.25) is 0 Å². The average Bonchev–Trinajstić information content (AvgIpc) is 2.28. The second-order valence-electron chi connectivity index (χ2n) is 4.76. The Bertz CT molecular complexity index is 422. The van der Waals surface area contributed by atoms with Crippen LogP contribution in [0.2, 0.25) is 0 Å². The van der Waals surface area contributed by atoms with Crippen LogP contribution in [0.3, 0.4) is 0 Å². The molecule has 2 rings (SSSR count). The van der Waals surface area contributed by atoms with E-state index in [9.17, 15) is 13.6 Å². The van der Waals surface area contributed by atoms with Gasteiger partial charge in [-0.1, -0.05) is 6.92 Å². The summed E-state index contributed by atoms with van der Waals surface area (Å²) < 4.78 is 25.9. The van der Waals surface area contributed by atoms with Crippen molar-refractivity contribution in [2.45, 2.75) is 19.8 Å². The molecule has 0 bridgehead atoms. The lowest BCUT2D eigenvalue weighted by Crippen LogP contribution is -2.40. The minimum absolute atomic E-state index is 0.149. The molecule has 1 heterocycles. The van der Waals surface area contributed by atoms with Gasteiger partial charge in [-0.15, -0.1) is 0 Å². The van der Waals surface area contributed by atoms with Crippen LogP contribution in [0.15, 0.2) is 18.2 Å². The maximum atomic E-state index is 13.0. The van der Waals surface area contributed by atoms with Crippen molar-refractivity contribution in [3.8, 4) is 0 Å². The number of hydrogen-bond donors (Lipinski definition) is 1. The van der Waals surface area contributed by atoms with Crippen LogP contribution >= 0.6 is 0 Å². The van der Waals surface area contributed by atoms with Crippen LogP contribution in [0.5, 0.6) is 0 Å². The minimum Gasteiger partial charge on any atom is -0.325 e. The number of likely N-dealkylation sites (tertiary alicyclic amines) is 1. The second kappa shape index (κ2) is 5.33. The number of carbonyl (C=O) groups excluding carboxylic acids is 1. The van der Waals surface area contributed by atoms with Gasteiger partial charge in [-0.25, -0.2) is 13.6 Å². The molecule has 1 fully saturated rings. The minimum atomic E-state index is -0.697. The Kier molecular flexibility index (Phi) is 3.79. The lowest BCUT2D eigenvalue weighted by molar-refractivity contribution is 0.186. The third-order valence-corrected chi connectivity index (χ3v) is 3.18. The van der Waals surface area contributed by atoms with Crippen LogP contribution in [-0.4, -0.2) is 24.0 Å². The number of rotatable bonds is 1. The quantitative estimate of drug-likeness (QED) is 0.820. The molecule has 18 heavy (non-hydrogen) atoms. The van der Waals surface area contributed by atoms with Gasteiger partial charge in [0.25, 0.3) is 0 Å². The van der Waals surface area contributed by atoms with Crippen molar-refractivity contribution in [3.05, 3.63) is 29.8 Å². The Morgan fingerprint density at radius 1 is 1.22 bits per heavy atom. The highest BCUT2D eigenvalue weighted by Gasteiger charge is 2.20. The predicted octanol–water partition coefficient (Wildman–Crippen LogP) is 3.23. The van der Waals surface area contributed by atoms with Gasteiger partial charge in [0.05, 0.1) is 0 Å². The van der Waals surface area contributed by atoms with Gasteiger partial charge < -0.3 is 10.2 Å². The molecule has 1 N–H and O–H groups in total. The summed E-state index contributed by atoms with van der Waals surface area (Å²) in [7, 11) is 0. The first kappa shape index (κ1) is 12.8. The van der Waals surface area contributed by atoms with Crippen molar-refractivity contribution < 1.29 is 13.6 Å². The number of halogens is 2. The molecule has 1 aliphatic rings. The summed E-state index contributed by atoms with van der Waals surface area (Å²) in [6.07, 6.45) is 1.93. The number of amides is 2. The Balaban J connectivity index is 1.98. The maximum absolute atomic E-state index is 13.0. The zero-order valence-electron chi connectivity index (χ0n) is 10.2. The highest BCUT2D eigenvalue weighted by molar-refractivity contribution is 5.89. The number of nitrogens with one attached hydrogen (secondary N) is 1. The molecular weight excluding hydrogens is 238 g/mol. The first-order valence-corrected chi connectivity index (χ1v) is 6.06. The monoisotopic (exact) mass is 254 g/mol. The molecule has 1 aromatic rings. The van der Waals surface area contributed by atoms with E-state index >= 15 is 0 Å². The number of benzene rings is 1. The van der Waals surface area contributed by atoms with E-state index in [2.05, 4.69) is 12.2 Å². The fraction of sp³-hybridized carbons (Fsp3) is 0.462. The largest absolute Gasteiger partial charge is 0.325 e. The molecule has 0 radical (unpaired) electrons. The summed E-state index contributed by atoms with van der Waals surface area (Å²) in [5.74, 6) is -0.768. The summed E-state index contributed by atoms with van der Waals surface area (Å²) in [6.45, 7) is 3.52. The topological polar surface area (TPSA) is 32.3 Å². The number of urea groups is 1. The highest BCUT2D eigenvalue weighted by atomic mass is 19.1. The van der Waals surface area contributed by atoms with Crippen LogP contribution in [0.4, 0.5) is 19.3 Å². The van der Waals surface area contributed by atoms with Crippen LogP contribution in [0.25, 0.3) is 0 Å². The lowest BCUT2D eigenvalue weighted by atomic mass is 10.00. The van der Waals surface area contributed by atoms with Gasteiger partial charge in [0.15, 0.2) is 0 Å². The maximum Gasteiger partial charge on any atom is 0.321 e. The molecule has 0 aromatic heterocycles. The second-order valence-corrected chi connectivity index (χ2v) is 4.76. The van der Waals surface area contributed by atoms with E-state index in [4.69, 9.17) is 0 Å². The van der Waals surface area contributed by atoms with Crippen LogP contribution in [-0.2, 0) is 0 Å². The number of nitrogens with zero attached hydrogens (tertiary/aromatic N) is 1. The molecule has 0 aliphatic carbocycles. The lowest BCUT2D eigenvalue weighted by Gasteiger charge is -2.30. The van der Waals surface area contributed by atoms with Crippen LogP contribution in [0, 0.1) is 17.6 Å². The van der Waals surface area contributed by atoms with E-state index in [0.29, 0.717) is 19.0 Å². The summed E-state index contributed by atoms with van der Waals surface area (Å²) in [6, 6.07) is 2.69. The van der Waals surface area contributed by atoms with E-state index in [0.717, 1.165) is 31.0 Å². The summed E-state index contributed by atoms with van der Waals surface area (Å²) >= 11 is 0. The molecule has 0 saturated carbocycles. The summed E-state index contributed by atoms with van der Waals surface area (Å²) in [4.78, 5) is 13.5. The molecule has 1 aromatic carbocycles. The van der Waals surface area contributed by atoms with Gasteiger partial charge in [-0.05, 0) is 30.9 Å². The Labute approximate surface area is 105 Å². The number of carbonyl (C=O) groups is 1. The summed E-state index contributed by atoms with van der Waals surface area (Å²) in [5.41, 5.74) is 0.149. The van der Waals surface area contributed by atoms with Gasteiger partial charge in [-0.3, -0.25) is 0 Å². The van der Waals surface area contributed by atoms with E-state index in [1.807, 2.05) is 0 Å². The zero-order valence-corrected chi connectivity index (χ0v) is 10.2. The Morgan fingerprint density at radius 2 is 1.78 bits per heavy atom. The standard InChI is InChI=1S/C13H16F2N2O/c1-9-2-4-17(5-3-9)13(18)16-12-7-10(14)6-11(15)8-12/h6-9H,2-5H2,1H3,(H,16,18). The van der Waals surface area contributed by atoms with Crippen molar-refractivity contribution in [1.29, 1.82) is 0 Å². The van der Waals surface area contributed by atoms with Gasteiger partial charge >= 0.3 is 6.03 Å². The van der Waals surface area contributed by atoms with E-state index in [1.54, 1.807) is 4.90 Å². The highest BCUT2D eigenvalue weighted by Crippen LogP contribution is 2.18. The van der Waals surface area contributed by atoms with Crippen molar-refractivity contribution >= 4 is 11.7 Å². The van der Waals surface area contributed by atoms with Crippen LogP contribution in [0.1, 0.15) is 19.8 Å². The third kappa shape index (κ3) is 3.18. The Hall–Kier alpha value is -1.65. The summed E-state index contributed by atoms with van der Waals surface area (Å²) in [5, 5.41) is 2.52. The molecular formula is C13H16F2N2O. The van der Waals surface area contributed by atoms with Gasteiger partial charge in [0.1, 0.15) is 11.6 Å². The van der Waals surface area contributed by atoms with E-state index in [1.165, 1.54) is 0 Å². The molecule has 1 aliphatic heterocycles. The molecule has 3 nitrogen and oxygen atoms in total. The normalized spacial score (nSPS) is 16.7. The number of piperidine rings is 1. The van der Waals surface area contributed by atoms with Gasteiger partial charge in [0, 0.05) is 24.8 Å². The molecule has 0 atom stereocenters. The Morgan fingerprint density at radius 3 is 2.33 bits per heavy atom. The fourth-order valence-electron chi connectivity index (χ4n) is 2.04. The number of anilines is 1. The van der Waals surface area contributed by atoms with Crippen molar-refractivity contribution in [2.75, 3.05) is 18.4 Å². The number of hydrogen-bond acceptors (Lipinski definition) is 1. The molecule has 0 unspecified atom stereocenters. The van der Waals surface area contributed by atoms with Crippen molar-refractivity contribution in [1.82, 2.24) is 4.90 Å². The molecule has 2 amide bonds.